The lowest BCUT2D eigenvalue weighted by molar-refractivity contribution is -0.119. The minimum absolute atomic E-state index is 0.0428. The second kappa shape index (κ2) is 6.34. The van der Waals surface area contributed by atoms with Gasteiger partial charge < -0.3 is 14.8 Å². The van der Waals surface area contributed by atoms with Crippen LogP contribution in [0.3, 0.4) is 0 Å². The number of benzene rings is 1. The molecule has 21 heavy (non-hydrogen) atoms. The Balaban J connectivity index is 2.03. The topological polar surface area (TPSA) is 81.7 Å². The molecule has 0 aromatic heterocycles. The van der Waals surface area contributed by atoms with Crippen LogP contribution in [-0.4, -0.2) is 39.0 Å². The van der Waals surface area contributed by atoms with Gasteiger partial charge >= 0.3 is 0 Å². The lowest BCUT2D eigenvalue weighted by atomic mass is 10.1. The zero-order chi connectivity index (χ0) is 15.5. The van der Waals surface area contributed by atoms with E-state index >= 15 is 0 Å². The van der Waals surface area contributed by atoms with Crippen molar-refractivity contribution in [2.24, 2.45) is 0 Å². The summed E-state index contributed by atoms with van der Waals surface area (Å²) in [5.41, 5.74) is 0.835. The van der Waals surface area contributed by atoms with Crippen LogP contribution in [0.15, 0.2) is 18.2 Å². The van der Waals surface area contributed by atoms with E-state index in [0.717, 1.165) is 5.56 Å². The highest BCUT2D eigenvalue weighted by Crippen LogP contribution is 2.32. The molecule has 0 unspecified atom stereocenters. The third-order valence-electron chi connectivity index (χ3n) is 3.23. The predicted octanol–water partition coefficient (Wildman–Crippen LogP) is 1.07. The van der Waals surface area contributed by atoms with Gasteiger partial charge in [-0.25, -0.2) is 8.42 Å². The van der Waals surface area contributed by atoms with Gasteiger partial charge in [0, 0.05) is 5.75 Å². The molecule has 1 aromatic carbocycles. The summed E-state index contributed by atoms with van der Waals surface area (Å²) in [4.78, 5) is 11.7. The van der Waals surface area contributed by atoms with Crippen molar-refractivity contribution >= 4 is 15.7 Å². The van der Waals surface area contributed by atoms with E-state index in [4.69, 9.17) is 9.47 Å². The van der Waals surface area contributed by atoms with E-state index < -0.39 is 21.5 Å². The number of nitrogens with one attached hydrogen (secondary N) is 1. The van der Waals surface area contributed by atoms with Gasteiger partial charge in [-0.05, 0) is 24.6 Å². The Bertz CT molecular complexity index is 626. The van der Waals surface area contributed by atoms with E-state index in [1.54, 1.807) is 19.1 Å². The van der Waals surface area contributed by atoms with Gasteiger partial charge in [0.1, 0.15) is 19.0 Å². The van der Waals surface area contributed by atoms with E-state index in [-0.39, 0.29) is 11.8 Å². The predicted molar refractivity (Wildman–Crippen MR) is 78.3 cm³/mol. The number of ether oxygens (including phenoxy) is 2. The molecule has 1 aliphatic heterocycles. The van der Waals surface area contributed by atoms with Gasteiger partial charge in [0.15, 0.2) is 21.3 Å². The lowest BCUT2D eigenvalue weighted by Crippen LogP contribution is -2.33. The normalized spacial score (nSPS) is 15.3. The van der Waals surface area contributed by atoms with Crippen molar-refractivity contribution in [3.05, 3.63) is 23.8 Å². The first-order valence-corrected chi connectivity index (χ1v) is 8.63. The van der Waals surface area contributed by atoms with Crippen molar-refractivity contribution in [1.82, 2.24) is 5.32 Å². The van der Waals surface area contributed by atoms with Crippen molar-refractivity contribution in [2.45, 2.75) is 19.9 Å². The minimum Gasteiger partial charge on any atom is -0.486 e. The fourth-order valence-corrected chi connectivity index (χ4v) is 2.68. The zero-order valence-electron chi connectivity index (χ0n) is 12.1. The second-order valence-corrected chi connectivity index (χ2v) is 7.22. The maximum atomic E-state index is 11.7. The molecular formula is C14H19NO5S. The third kappa shape index (κ3) is 4.10. The van der Waals surface area contributed by atoms with Gasteiger partial charge in [-0.15, -0.1) is 0 Å². The summed E-state index contributed by atoms with van der Waals surface area (Å²) < 4.78 is 33.8. The Kier molecular flexibility index (Phi) is 4.72. The first-order chi connectivity index (χ1) is 9.91. The largest absolute Gasteiger partial charge is 0.486 e. The molecule has 0 bridgehead atoms. The molecule has 0 aliphatic carbocycles. The highest BCUT2D eigenvalue weighted by atomic mass is 32.2. The van der Waals surface area contributed by atoms with Gasteiger partial charge in [-0.2, -0.15) is 0 Å². The van der Waals surface area contributed by atoms with Crippen LogP contribution >= 0.6 is 0 Å². The van der Waals surface area contributed by atoms with Gasteiger partial charge in [0.05, 0.1) is 6.04 Å². The highest BCUT2D eigenvalue weighted by Gasteiger charge is 2.18. The van der Waals surface area contributed by atoms with E-state index in [1.165, 1.54) is 6.92 Å². The van der Waals surface area contributed by atoms with Crippen molar-refractivity contribution in [2.75, 3.05) is 24.7 Å². The summed E-state index contributed by atoms with van der Waals surface area (Å²) in [5, 5.41) is 2.68. The summed E-state index contributed by atoms with van der Waals surface area (Å²) >= 11 is 0. The van der Waals surface area contributed by atoms with Crippen LogP contribution in [0.4, 0.5) is 0 Å². The Hall–Kier alpha value is -1.76. The molecule has 1 aromatic rings. The standard InChI is InChI=1S/C14H19NO5S/c1-3-21(17,18)9-14(16)15-10(2)11-4-5-12-13(8-11)20-7-6-19-12/h4-5,8,10H,3,6-7,9H2,1-2H3,(H,15,16)/t10-/m0/s1. The first kappa shape index (κ1) is 15.6. The number of carbonyl (C=O) groups is 1. The molecule has 116 valence electrons. The Labute approximate surface area is 124 Å². The average Bonchev–Trinajstić information content (AvgIpc) is 2.46. The van der Waals surface area contributed by atoms with Crippen LogP contribution < -0.4 is 14.8 Å². The van der Waals surface area contributed by atoms with Crippen molar-refractivity contribution in [1.29, 1.82) is 0 Å². The SMILES string of the molecule is CCS(=O)(=O)CC(=O)N[C@@H](C)c1ccc2c(c1)OCCO2. The molecule has 0 radical (unpaired) electrons. The Morgan fingerprint density at radius 2 is 1.95 bits per heavy atom. The average molecular weight is 313 g/mol. The number of sulfone groups is 1. The fraction of sp³-hybridized carbons (Fsp3) is 0.500. The van der Waals surface area contributed by atoms with Crippen LogP contribution in [0, 0.1) is 0 Å². The molecule has 1 heterocycles. The molecule has 1 atom stereocenters. The molecule has 0 saturated carbocycles. The van der Waals surface area contributed by atoms with E-state index in [1.807, 2.05) is 6.07 Å². The maximum Gasteiger partial charge on any atom is 0.235 e. The number of hydrogen-bond acceptors (Lipinski definition) is 5. The molecular weight excluding hydrogens is 294 g/mol. The first-order valence-electron chi connectivity index (χ1n) is 6.80. The van der Waals surface area contributed by atoms with Crippen LogP contribution in [0.25, 0.3) is 0 Å². The van der Waals surface area contributed by atoms with Crippen molar-refractivity contribution in [3.63, 3.8) is 0 Å². The van der Waals surface area contributed by atoms with Crippen LogP contribution in [-0.2, 0) is 14.6 Å². The second-order valence-electron chi connectivity index (χ2n) is 4.87. The zero-order valence-corrected chi connectivity index (χ0v) is 12.9. The van der Waals surface area contributed by atoms with Crippen molar-refractivity contribution in [3.8, 4) is 11.5 Å². The number of rotatable bonds is 5. The van der Waals surface area contributed by atoms with Crippen LogP contribution in [0.1, 0.15) is 25.5 Å². The van der Waals surface area contributed by atoms with Gasteiger partial charge in [-0.3, -0.25) is 4.79 Å². The molecule has 1 N–H and O–H groups in total. The fourth-order valence-electron chi connectivity index (χ4n) is 2.00. The van der Waals surface area contributed by atoms with Crippen molar-refractivity contribution < 1.29 is 22.7 Å². The Morgan fingerprint density at radius 3 is 2.62 bits per heavy atom. The number of hydrogen-bond donors (Lipinski definition) is 1. The molecule has 0 saturated heterocycles. The molecule has 7 heteroatoms. The Morgan fingerprint density at radius 1 is 1.29 bits per heavy atom. The summed E-state index contributed by atoms with van der Waals surface area (Å²) in [5.74, 6) is 0.286. The minimum atomic E-state index is -3.32. The summed E-state index contributed by atoms with van der Waals surface area (Å²) in [6, 6.07) is 5.11. The molecule has 1 aliphatic rings. The van der Waals surface area contributed by atoms with Gasteiger partial charge in [0.25, 0.3) is 0 Å². The number of fused-ring (bicyclic) bond motifs is 1. The van der Waals surface area contributed by atoms with Gasteiger partial charge in [-0.1, -0.05) is 13.0 Å². The summed E-state index contributed by atoms with van der Waals surface area (Å²) in [6.45, 7) is 4.33. The van der Waals surface area contributed by atoms with E-state index in [2.05, 4.69) is 5.32 Å². The third-order valence-corrected chi connectivity index (χ3v) is 4.82. The summed E-state index contributed by atoms with van der Waals surface area (Å²) in [7, 11) is -3.32. The molecule has 2 rings (SSSR count). The highest BCUT2D eigenvalue weighted by molar-refractivity contribution is 7.92. The molecule has 0 spiro atoms. The molecule has 6 nitrogen and oxygen atoms in total. The number of carbonyl (C=O) groups excluding carboxylic acids is 1. The van der Waals surface area contributed by atoms with Crippen LogP contribution in [0.5, 0.6) is 11.5 Å². The quantitative estimate of drug-likeness (QED) is 0.879. The molecule has 0 fully saturated rings. The lowest BCUT2D eigenvalue weighted by Gasteiger charge is -2.21. The van der Waals surface area contributed by atoms with E-state index in [9.17, 15) is 13.2 Å². The summed E-state index contributed by atoms with van der Waals surface area (Å²) in [6.07, 6.45) is 0. The number of amides is 1. The molecule has 1 amide bonds. The monoisotopic (exact) mass is 313 g/mol. The van der Waals surface area contributed by atoms with E-state index in [0.29, 0.717) is 24.7 Å². The van der Waals surface area contributed by atoms with Gasteiger partial charge in [0.2, 0.25) is 5.91 Å². The van der Waals surface area contributed by atoms with Crippen LogP contribution in [0.2, 0.25) is 0 Å². The smallest absolute Gasteiger partial charge is 0.235 e. The maximum absolute atomic E-state index is 11.7.